The Hall–Kier alpha value is -2.36. The molecule has 2 aromatic rings. The maximum Gasteiger partial charge on any atom is 0.227 e. The number of aromatic nitrogens is 1. The van der Waals surface area contributed by atoms with Gasteiger partial charge in [0, 0.05) is 19.0 Å². The molecule has 1 amide bonds. The minimum Gasteiger partial charge on any atom is -0.364 e. The summed E-state index contributed by atoms with van der Waals surface area (Å²) in [5.74, 6) is 1.01. The molecule has 1 fully saturated rings. The van der Waals surface area contributed by atoms with Crippen molar-refractivity contribution < 1.29 is 4.79 Å². The van der Waals surface area contributed by atoms with Gasteiger partial charge >= 0.3 is 0 Å². The fraction of sp³-hybridized carbons (Fsp3) is 0.294. The number of hydrogen-bond acceptors (Lipinski definition) is 3. The maximum absolute atomic E-state index is 11.7. The third kappa shape index (κ3) is 3.05. The van der Waals surface area contributed by atoms with Gasteiger partial charge in [-0.2, -0.15) is 0 Å². The van der Waals surface area contributed by atoms with Gasteiger partial charge in [-0.25, -0.2) is 4.98 Å². The number of rotatable bonds is 4. The Labute approximate surface area is 124 Å². The summed E-state index contributed by atoms with van der Waals surface area (Å²) in [5.41, 5.74) is 2.11. The lowest BCUT2D eigenvalue weighted by Crippen LogP contribution is -2.23. The molecule has 2 heterocycles. The molecule has 1 aliphatic rings. The minimum atomic E-state index is 0.190. The zero-order valence-electron chi connectivity index (χ0n) is 12.1. The smallest absolute Gasteiger partial charge is 0.227 e. The van der Waals surface area contributed by atoms with Gasteiger partial charge in [0.1, 0.15) is 5.82 Å². The number of nitrogens with zero attached hydrogens (tertiary/aromatic N) is 2. The van der Waals surface area contributed by atoms with E-state index in [1.54, 1.807) is 11.1 Å². The van der Waals surface area contributed by atoms with Crippen molar-refractivity contribution in [2.24, 2.45) is 0 Å². The highest BCUT2D eigenvalue weighted by Crippen LogP contribution is 2.23. The van der Waals surface area contributed by atoms with Gasteiger partial charge in [-0.15, -0.1) is 0 Å². The van der Waals surface area contributed by atoms with Crippen LogP contribution in [-0.4, -0.2) is 17.4 Å². The van der Waals surface area contributed by atoms with Crippen molar-refractivity contribution in [2.75, 3.05) is 16.8 Å². The first kappa shape index (κ1) is 13.6. The summed E-state index contributed by atoms with van der Waals surface area (Å²) in [6, 6.07) is 14.3. The molecule has 0 bridgehead atoms. The number of carbonyl (C=O) groups excluding carboxylic acids is 1. The normalized spacial score (nSPS) is 16.0. The van der Waals surface area contributed by atoms with Crippen molar-refractivity contribution in [1.29, 1.82) is 0 Å². The van der Waals surface area contributed by atoms with Crippen molar-refractivity contribution in [3.63, 3.8) is 0 Å². The third-order valence-corrected chi connectivity index (χ3v) is 3.80. The van der Waals surface area contributed by atoms with Crippen LogP contribution in [0.15, 0.2) is 48.7 Å². The summed E-state index contributed by atoms with van der Waals surface area (Å²) in [6.07, 6.45) is 3.35. The second kappa shape index (κ2) is 5.95. The average Bonchev–Trinajstić information content (AvgIpc) is 2.95. The largest absolute Gasteiger partial charge is 0.364 e. The number of hydrogen-bond donors (Lipinski definition) is 1. The summed E-state index contributed by atoms with van der Waals surface area (Å²) in [7, 11) is 0. The van der Waals surface area contributed by atoms with Crippen LogP contribution in [0.4, 0.5) is 11.5 Å². The Morgan fingerprint density at radius 1 is 1.19 bits per heavy atom. The Balaban J connectivity index is 1.68. The fourth-order valence-corrected chi connectivity index (χ4v) is 2.60. The molecule has 1 aromatic heterocycles. The van der Waals surface area contributed by atoms with E-state index < -0.39 is 0 Å². The van der Waals surface area contributed by atoms with E-state index in [-0.39, 0.29) is 11.9 Å². The predicted octanol–water partition coefficient (Wildman–Crippen LogP) is 3.38. The van der Waals surface area contributed by atoms with Gasteiger partial charge in [-0.3, -0.25) is 4.79 Å². The summed E-state index contributed by atoms with van der Waals surface area (Å²) in [5, 5.41) is 3.37. The predicted molar refractivity (Wildman–Crippen MR) is 84.3 cm³/mol. The second-order valence-corrected chi connectivity index (χ2v) is 5.33. The van der Waals surface area contributed by atoms with Gasteiger partial charge in [0.2, 0.25) is 5.91 Å². The average molecular weight is 281 g/mol. The number of benzene rings is 1. The molecule has 1 N–H and O–H groups in total. The fourth-order valence-electron chi connectivity index (χ4n) is 2.60. The van der Waals surface area contributed by atoms with Crippen molar-refractivity contribution in [1.82, 2.24) is 4.98 Å². The highest BCUT2D eigenvalue weighted by atomic mass is 16.2. The van der Waals surface area contributed by atoms with Crippen LogP contribution < -0.4 is 10.2 Å². The lowest BCUT2D eigenvalue weighted by Gasteiger charge is -2.17. The van der Waals surface area contributed by atoms with Gasteiger partial charge < -0.3 is 10.2 Å². The number of anilines is 2. The number of amides is 1. The van der Waals surface area contributed by atoms with Gasteiger partial charge in [0.15, 0.2) is 0 Å². The molecule has 1 aromatic carbocycles. The topological polar surface area (TPSA) is 45.2 Å². The summed E-state index contributed by atoms with van der Waals surface area (Å²) in [6.45, 7) is 2.91. The third-order valence-electron chi connectivity index (χ3n) is 3.80. The quantitative estimate of drug-likeness (QED) is 0.934. The van der Waals surface area contributed by atoms with Crippen LogP contribution in [-0.2, 0) is 4.79 Å². The van der Waals surface area contributed by atoms with Crippen molar-refractivity contribution in [3.05, 3.63) is 54.2 Å². The Kier molecular flexibility index (Phi) is 3.86. The number of carbonyl (C=O) groups is 1. The van der Waals surface area contributed by atoms with E-state index in [0.29, 0.717) is 6.42 Å². The minimum absolute atomic E-state index is 0.190. The maximum atomic E-state index is 11.7. The first-order valence-corrected chi connectivity index (χ1v) is 7.32. The highest BCUT2D eigenvalue weighted by Gasteiger charge is 2.21. The molecule has 1 aliphatic heterocycles. The summed E-state index contributed by atoms with van der Waals surface area (Å²) >= 11 is 0. The molecule has 1 unspecified atom stereocenters. The monoisotopic (exact) mass is 281 g/mol. The molecule has 1 atom stereocenters. The van der Waals surface area contributed by atoms with Gasteiger partial charge in [-0.05, 0) is 31.0 Å². The Morgan fingerprint density at radius 3 is 2.62 bits per heavy atom. The molecule has 4 heteroatoms. The van der Waals surface area contributed by atoms with Crippen molar-refractivity contribution in [2.45, 2.75) is 25.8 Å². The molecule has 3 rings (SSSR count). The van der Waals surface area contributed by atoms with E-state index in [9.17, 15) is 4.79 Å². The molecule has 108 valence electrons. The van der Waals surface area contributed by atoms with Crippen LogP contribution in [0.1, 0.15) is 31.4 Å². The van der Waals surface area contributed by atoms with Crippen LogP contribution in [0.25, 0.3) is 0 Å². The number of pyridine rings is 1. The van der Waals surface area contributed by atoms with Crippen molar-refractivity contribution >= 4 is 17.4 Å². The van der Waals surface area contributed by atoms with E-state index >= 15 is 0 Å². The van der Waals surface area contributed by atoms with Gasteiger partial charge in [0.25, 0.3) is 0 Å². The van der Waals surface area contributed by atoms with Crippen LogP contribution in [0, 0.1) is 0 Å². The Bertz CT molecular complexity index is 610. The van der Waals surface area contributed by atoms with E-state index in [1.807, 2.05) is 30.3 Å². The molecule has 1 saturated heterocycles. The first-order valence-electron chi connectivity index (χ1n) is 7.32. The van der Waals surface area contributed by atoms with Crippen LogP contribution >= 0.6 is 0 Å². The molecule has 0 saturated carbocycles. The van der Waals surface area contributed by atoms with Crippen molar-refractivity contribution in [3.8, 4) is 0 Å². The molecule has 21 heavy (non-hydrogen) atoms. The van der Waals surface area contributed by atoms with Crippen LogP contribution in [0.2, 0.25) is 0 Å². The van der Waals surface area contributed by atoms with E-state index in [0.717, 1.165) is 24.5 Å². The molecular formula is C17H19N3O. The molecule has 0 radical (unpaired) electrons. The zero-order chi connectivity index (χ0) is 14.7. The standard InChI is InChI=1S/C17H19N3O/c1-13(14-6-3-2-4-7-14)19-16-10-9-15(12-18-16)20-11-5-8-17(20)21/h2-4,6-7,9-10,12-13H,5,8,11H2,1H3,(H,18,19). The zero-order valence-corrected chi connectivity index (χ0v) is 12.1. The number of nitrogens with one attached hydrogen (secondary N) is 1. The SMILES string of the molecule is CC(Nc1ccc(N2CCCC2=O)cn1)c1ccccc1. The molecule has 0 spiro atoms. The molecular weight excluding hydrogens is 262 g/mol. The summed E-state index contributed by atoms with van der Waals surface area (Å²) < 4.78 is 0. The second-order valence-electron chi connectivity index (χ2n) is 5.33. The summed E-state index contributed by atoms with van der Waals surface area (Å²) in [4.78, 5) is 17.9. The lowest BCUT2D eigenvalue weighted by molar-refractivity contribution is -0.117. The van der Waals surface area contributed by atoms with Gasteiger partial charge in [-0.1, -0.05) is 30.3 Å². The molecule has 4 nitrogen and oxygen atoms in total. The van der Waals surface area contributed by atoms with Gasteiger partial charge in [0.05, 0.1) is 11.9 Å². The van der Waals surface area contributed by atoms with E-state index in [4.69, 9.17) is 0 Å². The molecule has 0 aliphatic carbocycles. The van der Waals surface area contributed by atoms with Crippen LogP contribution in [0.5, 0.6) is 0 Å². The van der Waals surface area contributed by atoms with E-state index in [2.05, 4.69) is 29.4 Å². The van der Waals surface area contributed by atoms with E-state index in [1.165, 1.54) is 5.56 Å². The first-order chi connectivity index (χ1) is 10.2. The highest BCUT2D eigenvalue weighted by molar-refractivity contribution is 5.95. The van der Waals surface area contributed by atoms with Crippen LogP contribution in [0.3, 0.4) is 0 Å². The lowest BCUT2D eigenvalue weighted by atomic mass is 10.1. The Morgan fingerprint density at radius 2 is 2.00 bits per heavy atom.